The molecule has 0 unspecified atom stereocenters. The van der Waals surface area contributed by atoms with E-state index in [1.54, 1.807) is 0 Å². The molecular weight excluding hydrogens is 216 g/mol. The van der Waals surface area contributed by atoms with Gasteiger partial charge in [-0.3, -0.25) is 0 Å². The summed E-state index contributed by atoms with van der Waals surface area (Å²) in [5, 5.41) is 8.97. The predicted octanol–water partition coefficient (Wildman–Crippen LogP) is 3.35. The van der Waals surface area contributed by atoms with Gasteiger partial charge in [0.25, 0.3) is 5.79 Å². The second kappa shape index (κ2) is 5.68. The van der Waals surface area contributed by atoms with Crippen molar-refractivity contribution < 1.29 is 14.6 Å². The summed E-state index contributed by atoms with van der Waals surface area (Å²) in [6.07, 6.45) is 13.0. The van der Waals surface area contributed by atoms with Gasteiger partial charge in [0.05, 0.1) is 0 Å². The molecular formula is C14H26O3. The maximum Gasteiger partial charge on any atom is 0.253 e. The van der Waals surface area contributed by atoms with Gasteiger partial charge in [-0.1, -0.05) is 58.3 Å². The van der Waals surface area contributed by atoms with Crippen molar-refractivity contribution in [2.75, 3.05) is 6.61 Å². The van der Waals surface area contributed by atoms with Crippen molar-refractivity contribution in [1.29, 1.82) is 0 Å². The average Bonchev–Trinajstić information content (AvgIpc) is 3.13. The van der Waals surface area contributed by atoms with E-state index in [0.29, 0.717) is 0 Å². The van der Waals surface area contributed by atoms with E-state index >= 15 is 0 Å². The lowest BCUT2D eigenvalue weighted by molar-refractivity contribution is -0.114. The Balaban J connectivity index is 1.34. The third-order valence-electron chi connectivity index (χ3n) is 3.97. The van der Waals surface area contributed by atoms with Crippen LogP contribution in [0.2, 0.25) is 0 Å². The summed E-state index contributed by atoms with van der Waals surface area (Å²) in [5.74, 6) is -0.893. The molecule has 3 heteroatoms. The maximum absolute atomic E-state index is 8.97. The Morgan fingerprint density at radius 2 is 1.29 bits per heavy atom. The van der Waals surface area contributed by atoms with Crippen molar-refractivity contribution >= 4 is 0 Å². The van der Waals surface area contributed by atoms with Crippen LogP contribution >= 0.6 is 0 Å². The van der Waals surface area contributed by atoms with Gasteiger partial charge in [-0.25, -0.2) is 0 Å². The Labute approximate surface area is 104 Å². The molecule has 100 valence electrons. The van der Waals surface area contributed by atoms with Crippen LogP contribution in [-0.2, 0) is 9.47 Å². The van der Waals surface area contributed by atoms with E-state index in [-0.39, 0.29) is 12.4 Å². The van der Waals surface area contributed by atoms with E-state index < -0.39 is 5.79 Å². The van der Waals surface area contributed by atoms with Crippen molar-refractivity contribution in [2.45, 2.75) is 82.7 Å². The summed E-state index contributed by atoms with van der Waals surface area (Å²) in [5.41, 5.74) is 0. The van der Waals surface area contributed by atoms with E-state index in [9.17, 15) is 0 Å². The fourth-order valence-electron chi connectivity index (χ4n) is 2.64. The second-order valence-electron chi connectivity index (χ2n) is 5.45. The fraction of sp³-hybridized carbons (Fsp3) is 1.00. The molecule has 0 atom stereocenters. The van der Waals surface area contributed by atoms with Crippen molar-refractivity contribution in [3.8, 4) is 0 Å². The SMILES string of the molecule is CCCCCCCCCCCC12OC1(CO)O2. The number of fused-ring (bicyclic) bond motifs is 1. The van der Waals surface area contributed by atoms with E-state index in [0.717, 1.165) is 12.8 Å². The molecule has 3 nitrogen and oxygen atoms in total. The smallest absolute Gasteiger partial charge is 0.253 e. The minimum atomic E-state index is -0.548. The Hall–Kier alpha value is -0.120. The monoisotopic (exact) mass is 242 g/mol. The van der Waals surface area contributed by atoms with Crippen LogP contribution in [0, 0.1) is 0 Å². The van der Waals surface area contributed by atoms with E-state index in [1.165, 1.54) is 51.4 Å². The zero-order valence-electron chi connectivity index (χ0n) is 11.0. The van der Waals surface area contributed by atoms with Crippen molar-refractivity contribution in [2.24, 2.45) is 0 Å². The summed E-state index contributed by atoms with van der Waals surface area (Å²) in [4.78, 5) is 0. The van der Waals surface area contributed by atoms with Gasteiger partial charge >= 0.3 is 0 Å². The molecule has 2 aliphatic rings. The maximum atomic E-state index is 8.97. The lowest BCUT2D eigenvalue weighted by Crippen LogP contribution is -2.03. The van der Waals surface area contributed by atoms with Crippen LogP contribution in [0.15, 0.2) is 0 Å². The van der Waals surface area contributed by atoms with E-state index in [2.05, 4.69) is 6.92 Å². The van der Waals surface area contributed by atoms with Crippen LogP contribution < -0.4 is 0 Å². The van der Waals surface area contributed by atoms with Gasteiger partial charge < -0.3 is 14.6 Å². The molecule has 0 bridgehead atoms. The van der Waals surface area contributed by atoms with Gasteiger partial charge in [-0.15, -0.1) is 0 Å². The topological polar surface area (TPSA) is 45.3 Å². The molecule has 2 heterocycles. The third kappa shape index (κ3) is 3.01. The van der Waals surface area contributed by atoms with E-state index in [4.69, 9.17) is 14.6 Å². The lowest BCUT2D eigenvalue weighted by atomic mass is 10.1. The van der Waals surface area contributed by atoms with Gasteiger partial charge in [0.1, 0.15) is 6.61 Å². The van der Waals surface area contributed by atoms with Gasteiger partial charge in [-0.2, -0.15) is 0 Å². The quantitative estimate of drug-likeness (QED) is 0.446. The molecule has 0 aromatic rings. The normalized spacial score (nSPS) is 33.5. The first-order chi connectivity index (χ1) is 8.29. The Kier molecular flexibility index (Phi) is 4.45. The molecule has 2 saturated heterocycles. The minimum Gasteiger partial charge on any atom is -0.391 e. The first-order valence-corrected chi connectivity index (χ1v) is 7.30. The largest absolute Gasteiger partial charge is 0.391 e. The summed E-state index contributed by atoms with van der Waals surface area (Å²) < 4.78 is 10.7. The molecule has 2 aliphatic heterocycles. The molecule has 0 amide bonds. The first-order valence-electron chi connectivity index (χ1n) is 7.30. The zero-order chi connectivity index (χ0) is 12.2. The molecule has 2 rings (SSSR count). The average molecular weight is 242 g/mol. The number of aliphatic hydroxyl groups is 1. The molecule has 2 fully saturated rings. The third-order valence-corrected chi connectivity index (χ3v) is 3.97. The number of hydrogen-bond donors (Lipinski definition) is 1. The van der Waals surface area contributed by atoms with Crippen LogP contribution in [0.5, 0.6) is 0 Å². The molecule has 0 spiro atoms. The number of aliphatic hydroxyl groups excluding tert-OH is 1. The molecule has 0 aromatic carbocycles. The number of epoxide rings is 2. The van der Waals surface area contributed by atoms with Gasteiger partial charge in [0, 0.05) is 6.42 Å². The summed E-state index contributed by atoms with van der Waals surface area (Å²) in [6.45, 7) is 2.27. The standard InChI is InChI=1S/C14H26O3/c1-2-3-4-5-6-7-8-9-10-11-13-14(12-15,16-13)17-13/h15H,2-12H2,1H3. The molecule has 0 aromatic heterocycles. The Morgan fingerprint density at radius 1 is 0.765 bits per heavy atom. The fourth-order valence-corrected chi connectivity index (χ4v) is 2.64. The van der Waals surface area contributed by atoms with Crippen LogP contribution in [0.3, 0.4) is 0 Å². The van der Waals surface area contributed by atoms with Crippen LogP contribution in [-0.4, -0.2) is 23.3 Å². The Morgan fingerprint density at radius 3 is 1.76 bits per heavy atom. The highest BCUT2D eigenvalue weighted by Gasteiger charge is 2.90. The number of unbranched alkanes of at least 4 members (excludes halogenated alkanes) is 8. The lowest BCUT2D eigenvalue weighted by Gasteiger charge is -2.02. The number of ether oxygens (including phenoxy) is 2. The highest BCUT2D eigenvalue weighted by Crippen LogP contribution is 2.69. The summed E-state index contributed by atoms with van der Waals surface area (Å²) >= 11 is 0. The van der Waals surface area contributed by atoms with Gasteiger partial charge in [-0.05, 0) is 6.42 Å². The van der Waals surface area contributed by atoms with Crippen molar-refractivity contribution in [3.63, 3.8) is 0 Å². The van der Waals surface area contributed by atoms with Crippen molar-refractivity contribution in [3.05, 3.63) is 0 Å². The Bertz CT molecular complexity index is 234. The number of rotatable bonds is 11. The molecule has 17 heavy (non-hydrogen) atoms. The molecule has 0 saturated carbocycles. The minimum absolute atomic E-state index is 0.0183. The van der Waals surface area contributed by atoms with Crippen molar-refractivity contribution in [1.82, 2.24) is 0 Å². The van der Waals surface area contributed by atoms with E-state index in [1.807, 2.05) is 0 Å². The first kappa shape index (κ1) is 13.3. The van der Waals surface area contributed by atoms with Crippen LogP contribution in [0.4, 0.5) is 0 Å². The number of hydrogen-bond acceptors (Lipinski definition) is 3. The van der Waals surface area contributed by atoms with Gasteiger partial charge in [0.15, 0.2) is 0 Å². The zero-order valence-corrected chi connectivity index (χ0v) is 11.0. The van der Waals surface area contributed by atoms with Crippen LogP contribution in [0.1, 0.15) is 71.1 Å². The summed E-state index contributed by atoms with van der Waals surface area (Å²) in [6, 6.07) is 0. The molecule has 0 aliphatic carbocycles. The van der Waals surface area contributed by atoms with Gasteiger partial charge in [0.2, 0.25) is 5.79 Å². The highest BCUT2D eigenvalue weighted by molar-refractivity contribution is 5.17. The van der Waals surface area contributed by atoms with Crippen LogP contribution in [0.25, 0.3) is 0 Å². The summed E-state index contributed by atoms with van der Waals surface area (Å²) in [7, 11) is 0. The molecule has 0 radical (unpaired) electrons. The predicted molar refractivity (Wildman–Crippen MR) is 66.6 cm³/mol. The molecule has 1 N–H and O–H groups in total. The second-order valence-corrected chi connectivity index (χ2v) is 5.45. The highest BCUT2D eigenvalue weighted by atomic mass is 17.1.